The van der Waals surface area contributed by atoms with Gasteiger partial charge in [0, 0.05) is 26.2 Å². The van der Waals surface area contributed by atoms with E-state index in [1.807, 2.05) is 6.07 Å². The molecule has 1 aromatic carbocycles. The predicted molar refractivity (Wildman–Crippen MR) is 65.6 cm³/mol. The van der Waals surface area contributed by atoms with E-state index in [2.05, 4.69) is 10.6 Å². The average molecular weight is 238 g/mol. The summed E-state index contributed by atoms with van der Waals surface area (Å²) in [6.07, 6.45) is -2.04. The van der Waals surface area contributed by atoms with E-state index in [0.29, 0.717) is 5.56 Å². The molecule has 1 amide bonds. The van der Waals surface area contributed by atoms with Crippen LogP contribution in [0.4, 0.5) is 5.69 Å². The SMILES string of the molecule is CNc1cccc(C(O)C(O)CNC(C)=O)c1. The van der Waals surface area contributed by atoms with Crippen LogP contribution in [0, 0.1) is 0 Å². The molecule has 0 aliphatic heterocycles. The van der Waals surface area contributed by atoms with Crippen molar-refractivity contribution in [2.45, 2.75) is 19.1 Å². The Morgan fingerprint density at radius 3 is 2.71 bits per heavy atom. The maximum absolute atomic E-state index is 10.7. The highest BCUT2D eigenvalue weighted by Crippen LogP contribution is 2.19. The van der Waals surface area contributed by atoms with Crippen molar-refractivity contribution in [1.29, 1.82) is 0 Å². The minimum absolute atomic E-state index is 0.0281. The molecule has 0 fully saturated rings. The first kappa shape index (κ1) is 13.5. The Morgan fingerprint density at radius 2 is 2.12 bits per heavy atom. The summed E-state index contributed by atoms with van der Waals surface area (Å²) in [5, 5.41) is 25.0. The summed E-state index contributed by atoms with van der Waals surface area (Å²) in [5.41, 5.74) is 1.46. The molecule has 5 heteroatoms. The van der Waals surface area contributed by atoms with E-state index in [1.54, 1.807) is 25.2 Å². The van der Waals surface area contributed by atoms with E-state index in [1.165, 1.54) is 6.92 Å². The molecule has 0 aliphatic carbocycles. The largest absolute Gasteiger partial charge is 0.388 e. The molecule has 4 N–H and O–H groups in total. The summed E-state index contributed by atoms with van der Waals surface area (Å²) in [7, 11) is 1.78. The number of rotatable bonds is 5. The number of benzene rings is 1. The first-order valence-electron chi connectivity index (χ1n) is 5.43. The summed E-state index contributed by atoms with van der Waals surface area (Å²) in [6.45, 7) is 1.39. The number of carbonyl (C=O) groups excluding carboxylic acids is 1. The lowest BCUT2D eigenvalue weighted by Gasteiger charge is -2.18. The van der Waals surface area contributed by atoms with Gasteiger partial charge in [-0.3, -0.25) is 4.79 Å². The summed E-state index contributed by atoms with van der Waals surface area (Å²) < 4.78 is 0. The van der Waals surface area contributed by atoms with Gasteiger partial charge in [-0.15, -0.1) is 0 Å². The van der Waals surface area contributed by atoms with E-state index >= 15 is 0 Å². The fraction of sp³-hybridized carbons (Fsp3) is 0.417. The first-order chi connectivity index (χ1) is 8.04. The Kier molecular flexibility index (Phi) is 4.93. The molecule has 1 rings (SSSR count). The number of aliphatic hydroxyl groups excluding tert-OH is 2. The van der Waals surface area contributed by atoms with Gasteiger partial charge in [-0.25, -0.2) is 0 Å². The first-order valence-corrected chi connectivity index (χ1v) is 5.43. The van der Waals surface area contributed by atoms with Crippen LogP contribution in [0.3, 0.4) is 0 Å². The van der Waals surface area contributed by atoms with Crippen molar-refractivity contribution in [2.24, 2.45) is 0 Å². The van der Waals surface area contributed by atoms with Gasteiger partial charge >= 0.3 is 0 Å². The minimum Gasteiger partial charge on any atom is -0.388 e. The fourth-order valence-corrected chi connectivity index (χ4v) is 1.46. The highest BCUT2D eigenvalue weighted by molar-refractivity contribution is 5.72. The molecule has 0 aromatic heterocycles. The van der Waals surface area contributed by atoms with Crippen molar-refractivity contribution >= 4 is 11.6 Å². The molecule has 0 saturated heterocycles. The van der Waals surface area contributed by atoms with Gasteiger partial charge in [0.05, 0.1) is 0 Å². The van der Waals surface area contributed by atoms with Gasteiger partial charge in [-0.1, -0.05) is 12.1 Å². The Bertz CT molecular complexity index is 382. The zero-order valence-corrected chi connectivity index (χ0v) is 9.97. The zero-order valence-electron chi connectivity index (χ0n) is 9.97. The van der Waals surface area contributed by atoms with Crippen LogP contribution in [-0.4, -0.2) is 35.8 Å². The molecule has 0 radical (unpaired) electrons. The van der Waals surface area contributed by atoms with Crippen LogP contribution >= 0.6 is 0 Å². The van der Waals surface area contributed by atoms with Crippen molar-refractivity contribution in [3.63, 3.8) is 0 Å². The Hall–Kier alpha value is -1.59. The van der Waals surface area contributed by atoms with E-state index in [9.17, 15) is 15.0 Å². The maximum Gasteiger partial charge on any atom is 0.216 e. The lowest BCUT2D eigenvalue weighted by Crippen LogP contribution is -2.34. The number of hydrogen-bond donors (Lipinski definition) is 4. The number of nitrogens with one attached hydrogen (secondary N) is 2. The van der Waals surface area contributed by atoms with E-state index in [-0.39, 0.29) is 12.5 Å². The third kappa shape index (κ3) is 4.05. The van der Waals surface area contributed by atoms with Crippen LogP contribution in [0.15, 0.2) is 24.3 Å². The van der Waals surface area contributed by atoms with Crippen LogP contribution in [0.5, 0.6) is 0 Å². The number of amides is 1. The minimum atomic E-state index is -1.02. The lowest BCUT2D eigenvalue weighted by atomic mass is 10.0. The normalized spacial score (nSPS) is 13.9. The number of aliphatic hydroxyl groups is 2. The van der Waals surface area contributed by atoms with E-state index in [0.717, 1.165) is 5.69 Å². The molecule has 0 aliphatic rings. The molecule has 0 heterocycles. The molecule has 0 spiro atoms. The Balaban J connectivity index is 2.66. The van der Waals surface area contributed by atoms with Gasteiger partial charge in [0.1, 0.15) is 12.2 Å². The van der Waals surface area contributed by atoms with Gasteiger partial charge in [-0.05, 0) is 17.7 Å². The smallest absolute Gasteiger partial charge is 0.216 e. The van der Waals surface area contributed by atoms with Gasteiger partial charge < -0.3 is 20.8 Å². The number of hydrogen-bond acceptors (Lipinski definition) is 4. The van der Waals surface area contributed by atoms with Crippen LogP contribution in [0.2, 0.25) is 0 Å². The third-order valence-corrected chi connectivity index (χ3v) is 2.44. The van der Waals surface area contributed by atoms with Gasteiger partial charge in [0.2, 0.25) is 5.91 Å². The summed E-state index contributed by atoms with van der Waals surface area (Å²) >= 11 is 0. The van der Waals surface area contributed by atoms with E-state index < -0.39 is 12.2 Å². The molecular weight excluding hydrogens is 220 g/mol. The van der Waals surface area contributed by atoms with Crippen molar-refractivity contribution in [3.05, 3.63) is 29.8 Å². The van der Waals surface area contributed by atoms with Gasteiger partial charge in [0.25, 0.3) is 0 Å². The van der Waals surface area contributed by atoms with Crippen molar-refractivity contribution in [1.82, 2.24) is 5.32 Å². The monoisotopic (exact) mass is 238 g/mol. The van der Waals surface area contributed by atoms with Crippen molar-refractivity contribution in [2.75, 3.05) is 18.9 Å². The van der Waals surface area contributed by atoms with E-state index in [4.69, 9.17) is 0 Å². The molecule has 2 unspecified atom stereocenters. The molecule has 1 aromatic rings. The van der Waals surface area contributed by atoms with Crippen LogP contribution in [0.25, 0.3) is 0 Å². The molecule has 17 heavy (non-hydrogen) atoms. The predicted octanol–water partition coefficient (Wildman–Crippen LogP) is 0.259. The molecule has 2 atom stereocenters. The summed E-state index contributed by atoms with van der Waals surface area (Å²) in [6, 6.07) is 7.12. The van der Waals surface area contributed by atoms with Gasteiger partial charge in [0.15, 0.2) is 0 Å². The second-order valence-corrected chi connectivity index (χ2v) is 3.82. The number of carbonyl (C=O) groups is 1. The quantitative estimate of drug-likeness (QED) is 0.593. The topological polar surface area (TPSA) is 81.6 Å². The highest BCUT2D eigenvalue weighted by Gasteiger charge is 2.18. The van der Waals surface area contributed by atoms with Gasteiger partial charge in [-0.2, -0.15) is 0 Å². The average Bonchev–Trinajstić information content (AvgIpc) is 2.35. The standard InChI is InChI=1S/C12H18N2O3/c1-8(15)14-7-11(16)12(17)9-4-3-5-10(6-9)13-2/h3-6,11-13,16-17H,7H2,1-2H3,(H,14,15). The Morgan fingerprint density at radius 1 is 1.41 bits per heavy atom. The maximum atomic E-state index is 10.7. The zero-order chi connectivity index (χ0) is 12.8. The summed E-state index contributed by atoms with van der Waals surface area (Å²) in [5.74, 6) is -0.236. The molecule has 94 valence electrons. The second kappa shape index (κ2) is 6.22. The molecule has 0 bridgehead atoms. The lowest BCUT2D eigenvalue weighted by molar-refractivity contribution is -0.119. The molecule has 5 nitrogen and oxygen atoms in total. The molecular formula is C12H18N2O3. The Labute approximate surface area is 100 Å². The van der Waals surface area contributed by atoms with Crippen LogP contribution in [-0.2, 0) is 4.79 Å². The summed E-state index contributed by atoms with van der Waals surface area (Å²) in [4.78, 5) is 10.7. The van der Waals surface area contributed by atoms with Crippen LogP contribution in [0.1, 0.15) is 18.6 Å². The second-order valence-electron chi connectivity index (χ2n) is 3.82. The van der Waals surface area contributed by atoms with Crippen LogP contribution < -0.4 is 10.6 Å². The van der Waals surface area contributed by atoms with Crippen molar-refractivity contribution < 1.29 is 15.0 Å². The molecule has 0 saturated carbocycles. The fourth-order valence-electron chi connectivity index (χ4n) is 1.46. The highest BCUT2D eigenvalue weighted by atomic mass is 16.3. The number of anilines is 1. The van der Waals surface area contributed by atoms with Crippen molar-refractivity contribution in [3.8, 4) is 0 Å². The third-order valence-electron chi connectivity index (χ3n) is 2.44.